The number of rotatable bonds is 2. The second-order valence-corrected chi connectivity index (χ2v) is 5.40. The van der Waals surface area contributed by atoms with Gasteiger partial charge in [0.05, 0.1) is 11.0 Å². The Kier molecular flexibility index (Phi) is 3.30. The van der Waals surface area contributed by atoms with E-state index in [0.717, 1.165) is 16.2 Å². The lowest BCUT2D eigenvalue weighted by atomic mass is 10.3. The highest BCUT2D eigenvalue weighted by Crippen LogP contribution is 2.30. The summed E-state index contributed by atoms with van der Waals surface area (Å²) in [6.45, 7) is 0. The van der Waals surface area contributed by atoms with Crippen molar-refractivity contribution in [3.8, 4) is 6.07 Å². The van der Waals surface area contributed by atoms with Crippen LogP contribution >= 0.6 is 23.4 Å². The molecule has 1 aromatic carbocycles. The SMILES string of the molecule is Cn1c(Sc2nccnc2C#N)nc2cc(Cl)ccc21. The summed E-state index contributed by atoms with van der Waals surface area (Å²) in [6.07, 6.45) is 3.06. The summed E-state index contributed by atoms with van der Waals surface area (Å²) in [6, 6.07) is 7.57. The fraction of sp³-hybridized carbons (Fsp3) is 0.0769. The highest BCUT2D eigenvalue weighted by Gasteiger charge is 2.13. The third kappa shape index (κ3) is 2.22. The summed E-state index contributed by atoms with van der Waals surface area (Å²) < 4.78 is 1.94. The molecule has 0 saturated heterocycles. The summed E-state index contributed by atoms with van der Waals surface area (Å²) in [7, 11) is 1.91. The van der Waals surface area contributed by atoms with Crippen molar-refractivity contribution in [1.82, 2.24) is 19.5 Å². The van der Waals surface area contributed by atoms with Crippen LogP contribution in [0.25, 0.3) is 11.0 Å². The maximum atomic E-state index is 9.03. The molecule has 2 aromatic heterocycles. The van der Waals surface area contributed by atoms with Gasteiger partial charge in [0.1, 0.15) is 11.1 Å². The van der Waals surface area contributed by atoms with E-state index in [2.05, 4.69) is 15.0 Å². The molecule has 0 spiro atoms. The van der Waals surface area contributed by atoms with Crippen LogP contribution in [0.1, 0.15) is 5.69 Å². The van der Waals surface area contributed by atoms with Crippen LogP contribution in [0.15, 0.2) is 40.8 Å². The lowest BCUT2D eigenvalue weighted by Crippen LogP contribution is -1.94. The molecule has 3 rings (SSSR count). The topological polar surface area (TPSA) is 67.4 Å². The van der Waals surface area contributed by atoms with Crippen LogP contribution < -0.4 is 0 Å². The Morgan fingerprint density at radius 1 is 1.30 bits per heavy atom. The normalized spacial score (nSPS) is 10.7. The lowest BCUT2D eigenvalue weighted by molar-refractivity contribution is 0.812. The predicted octanol–water partition coefficient (Wildman–Crippen LogP) is 3.04. The van der Waals surface area contributed by atoms with Crippen molar-refractivity contribution in [2.75, 3.05) is 0 Å². The van der Waals surface area contributed by atoms with E-state index in [4.69, 9.17) is 16.9 Å². The number of aryl methyl sites for hydroxylation is 1. The maximum Gasteiger partial charge on any atom is 0.175 e. The summed E-state index contributed by atoms with van der Waals surface area (Å²) in [5, 5.41) is 11.0. The smallest absolute Gasteiger partial charge is 0.175 e. The fourth-order valence-corrected chi connectivity index (χ4v) is 2.83. The lowest BCUT2D eigenvalue weighted by Gasteiger charge is -2.02. The zero-order chi connectivity index (χ0) is 14.1. The van der Waals surface area contributed by atoms with Crippen LogP contribution in [0.5, 0.6) is 0 Å². The molecule has 98 valence electrons. The van der Waals surface area contributed by atoms with Gasteiger partial charge in [-0.2, -0.15) is 5.26 Å². The number of aromatic nitrogens is 4. The summed E-state index contributed by atoms with van der Waals surface area (Å²) in [4.78, 5) is 12.7. The van der Waals surface area contributed by atoms with E-state index in [9.17, 15) is 0 Å². The van der Waals surface area contributed by atoms with Crippen molar-refractivity contribution in [1.29, 1.82) is 5.26 Å². The third-order valence-electron chi connectivity index (χ3n) is 2.76. The Balaban J connectivity index is 2.07. The molecule has 0 bridgehead atoms. The van der Waals surface area contributed by atoms with E-state index >= 15 is 0 Å². The fourth-order valence-electron chi connectivity index (χ4n) is 1.81. The van der Waals surface area contributed by atoms with Gasteiger partial charge in [-0.3, -0.25) is 0 Å². The molecule has 0 unspecified atom stereocenters. The molecule has 7 heteroatoms. The number of hydrogen-bond donors (Lipinski definition) is 0. The van der Waals surface area contributed by atoms with Gasteiger partial charge in [-0.25, -0.2) is 15.0 Å². The van der Waals surface area contributed by atoms with E-state index < -0.39 is 0 Å². The van der Waals surface area contributed by atoms with Gasteiger partial charge < -0.3 is 4.57 Å². The largest absolute Gasteiger partial charge is 0.322 e. The molecule has 0 atom stereocenters. The van der Waals surface area contributed by atoms with Crippen LogP contribution in [0.2, 0.25) is 5.02 Å². The molecule has 0 aliphatic carbocycles. The molecule has 2 heterocycles. The Morgan fingerprint density at radius 2 is 2.10 bits per heavy atom. The summed E-state index contributed by atoms with van der Waals surface area (Å²) >= 11 is 7.28. The van der Waals surface area contributed by atoms with Gasteiger partial charge in [-0.1, -0.05) is 11.6 Å². The van der Waals surface area contributed by atoms with Crippen LogP contribution in [0, 0.1) is 11.3 Å². The van der Waals surface area contributed by atoms with E-state index in [0.29, 0.717) is 15.7 Å². The average molecular weight is 302 g/mol. The number of nitriles is 1. The van der Waals surface area contributed by atoms with Gasteiger partial charge in [-0.05, 0) is 30.0 Å². The van der Waals surface area contributed by atoms with Gasteiger partial charge in [0.15, 0.2) is 10.9 Å². The number of benzene rings is 1. The molecule has 0 fully saturated rings. The summed E-state index contributed by atoms with van der Waals surface area (Å²) in [5.41, 5.74) is 2.08. The van der Waals surface area contributed by atoms with E-state index in [1.54, 1.807) is 6.20 Å². The van der Waals surface area contributed by atoms with E-state index in [1.807, 2.05) is 35.9 Å². The van der Waals surface area contributed by atoms with Crippen LogP contribution in [0.4, 0.5) is 0 Å². The molecular weight excluding hydrogens is 294 g/mol. The summed E-state index contributed by atoms with van der Waals surface area (Å²) in [5.74, 6) is 0. The monoisotopic (exact) mass is 301 g/mol. The highest BCUT2D eigenvalue weighted by atomic mass is 35.5. The molecule has 0 radical (unpaired) electrons. The molecule has 0 aliphatic rings. The van der Waals surface area contributed by atoms with Crippen molar-refractivity contribution in [3.05, 3.63) is 41.3 Å². The van der Waals surface area contributed by atoms with Crippen molar-refractivity contribution in [2.45, 2.75) is 10.2 Å². The quantitative estimate of drug-likeness (QED) is 0.728. The molecule has 0 saturated carbocycles. The van der Waals surface area contributed by atoms with Gasteiger partial charge in [-0.15, -0.1) is 0 Å². The van der Waals surface area contributed by atoms with Gasteiger partial charge in [0.2, 0.25) is 0 Å². The molecule has 0 N–H and O–H groups in total. The van der Waals surface area contributed by atoms with Gasteiger partial charge >= 0.3 is 0 Å². The minimum Gasteiger partial charge on any atom is -0.322 e. The third-order valence-corrected chi connectivity index (χ3v) is 4.04. The number of nitrogens with zero attached hydrogens (tertiary/aromatic N) is 5. The Labute approximate surface area is 124 Å². The second-order valence-electron chi connectivity index (χ2n) is 4.01. The van der Waals surface area contributed by atoms with Crippen LogP contribution in [0.3, 0.4) is 0 Å². The first-order chi connectivity index (χ1) is 9.69. The van der Waals surface area contributed by atoms with Gasteiger partial charge in [0.25, 0.3) is 0 Å². The number of hydrogen-bond acceptors (Lipinski definition) is 5. The van der Waals surface area contributed by atoms with Crippen molar-refractivity contribution in [3.63, 3.8) is 0 Å². The minimum atomic E-state index is 0.294. The highest BCUT2D eigenvalue weighted by molar-refractivity contribution is 7.99. The zero-order valence-corrected chi connectivity index (χ0v) is 12.0. The van der Waals surface area contributed by atoms with Crippen molar-refractivity contribution < 1.29 is 0 Å². The first-order valence-electron chi connectivity index (χ1n) is 5.70. The molecule has 3 aromatic rings. The maximum absolute atomic E-state index is 9.03. The number of imidazole rings is 1. The number of fused-ring (bicyclic) bond motifs is 1. The Morgan fingerprint density at radius 3 is 2.90 bits per heavy atom. The Bertz CT molecular complexity index is 836. The average Bonchev–Trinajstić information content (AvgIpc) is 2.75. The molecular formula is C13H8ClN5S. The zero-order valence-electron chi connectivity index (χ0n) is 10.4. The molecule has 5 nitrogen and oxygen atoms in total. The Hall–Kier alpha value is -2.10. The van der Waals surface area contributed by atoms with Gasteiger partial charge in [0, 0.05) is 24.5 Å². The van der Waals surface area contributed by atoms with Crippen molar-refractivity contribution >= 4 is 34.4 Å². The minimum absolute atomic E-state index is 0.294. The first-order valence-corrected chi connectivity index (χ1v) is 6.89. The molecule has 0 aliphatic heterocycles. The van der Waals surface area contributed by atoms with Crippen LogP contribution in [-0.2, 0) is 7.05 Å². The number of halogens is 1. The standard InChI is InChI=1S/C13H8ClN5S/c1-19-11-3-2-8(14)6-9(11)18-13(19)20-12-10(7-15)16-4-5-17-12/h2-6H,1H3. The van der Waals surface area contributed by atoms with E-state index in [1.165, 1.54) is 18.0 Å². The molecule has 0 amide bonds. The second kappa shape index (κ2) is 5.12. The van der Waals surface area contributed by atoms with E-state index in [-0.39, 0.29) is 0 Å². The first kappa shape index (κ1) is 12.9. The van der Waals surface area contributed by atoms with Crippen LogP contribution in [-0.4, -0.2) is 19.5 Å². The molecule has 20 heavy (non-hydrogen) atoms. The van der Waals surface area contributed by atoms with Crippen molar-refractivity contribution in [2.24, 2.45) is 7.05 Å². The predicted molar refractivity (Wildman–Crippen MR) is 76.6 cm³/mol.